The van der Waals surface area contributed by atoms with Gasteiger partial charge >= 0.3 is 12.1 Å². The molecule has 160 valence electrons. The maximum Gasteiger partial charge on any atom is 0.419 e. The normalized spacial score (nSPS) is 18.6. The Bertz CT molecular complexity index is 842. The largest absolute Gasteiger partial charge is 0.480 e. The summed E-state index contributed by atoms with van der Waals surface area (Å²) >= 11 is 0. The molecule has 1 heterocycles. The number of aryl methyl sites for hydroxylation is 1. The van der Waals surface area contributed by atoms with E-state index >= 15 is 0 Å². The van der Waals surface area contributed by atoms with Crippen molar-refractivity contribution >= 4 is 23.4 Å². The molecule has 0 aliphatic heterocycles. The predicted molar refractivity (Wildman–Crippen MR) is 113 cm³/mol. The SMILES string of the molecule is Cc1cncc(N(C(=O)OCC2CCCC(COCC(=O)O)C2)c2ccccc2)c1. The summed E-state index contributed by atoms with van der Waals surface area (Å²) in [5, 5.41) is 8.71. The zero-order chi connectivity index (χ0) is 21.3. The number of carbonyl (C=O) groups excluding carboxylic acids is 1. The van der Waals surface area contributed by atoms with E-state index in [1.165, 1.54) is 4.90 Å². The van der Waals surface area contributed by atoms with Crippen molar-refractivity contribution in [2.45, 2.75) is 32.6 Å². The van der Waals surface area contributed by atoms with Crippen molar-refractivity contribution in [2.24, 2.45) is 11.8 Å². The molecule has 1 saturated carbocycles. The molecule has 3 rings (SSSR count). The Balaban J connectivity index is 1.61. The number of amides is 1. The van der Waals surface area contributed by atoms with Gasteiger partial charge in [0.1, 0.15) is 6.61 Å². The average Bonchev–Trinajstić information content (AvgIpc) is 2.73. The number of ether oxygens (including phenoxy) is 2. The van der Waals surface area contributed by atoms with Crippen LogP contribution in [0, 0.1) is 18.8 Å². The minimum absolute atomic E-state index is 0.245. The van der Waals surface area contributed by atoms with Crippen molar-refractivity contribution in [1.29, 1.82) is 0 Å². The summed E-state index contributed by atoms with van der Waals surface area (Å²) in [6.45, 7) is 2.42. The molecule has 2 atom stereocenters. The van der Waals surface area contributed by atoms with Gasteiger partial charge in [0.2, 0.25) is 0 Å². The molecular formula is C23H28N2O5. The number of benzene rings is 1. The van der Waals surface area contributed by atoms with Crippen LogP contribution in [-0.2, 0) is 14.3 Å². The molecule has 7 nitrogen and oxygen atoms in total. The van der Waals surface area contributed by atoms with Crippen molar-refractivity contribution in [3.63, 3.8) is 0 Å². The van der Waals surface area contributed by atoms with Crippen LogP contribution < -0.4 is 4.90 Å². The lowest BCUT2D eigenvalue weighted by atomic mass is 9.82. The van der Waals surface area contributed by atoms with Gasteiger partial charge in [-0.05, 0) is 61.8 Å². The number of aromatic nitrogens is 1. The number of para-hydroxylation sites is 1. The predicted octanol–water partition coefficient (Wildman–Crippen LogP) is 4.57. The van der Waals surface area contributed by atoms with Crippen molar-refractivity contribution in [1.82, 2.24) is 4.98 Å². The summed E-state index contributed by atoms with van der Waals surface area (Å²) in [5.41, 5.74) is 2.34. The van der Waals surface area contributed by atoms with Gasteiger partial charge in [0, 0.05) is 6.20 Å². The van der Waals surface area contributed by atoms with Crippen molar-refractivity contribution in [2.75, 3.05) is 24.7 Å². The van der Waals surface area contributed by atoms with E-state index < -0.39 is 12.1 Å². The third-order valence-electron chi connectivity index (χ3n) is 5.23. The van der Waals surface area contributed by atoms with Crippen molar-refractivity contribution in [3.8, 4) is 0 Å². The second kappa shape index (κ2) is 10.7. The van der Waals surface area contributed by atoms with Gasteiger partial charge in [-0.1, -0.05) is 24.6 Å². The van der Waals surface area contributed by atoms with E-state index in [1.54, 1.807) is 12.4 Å². The van der Waals surface area contributed by atoms with Gasteiger partial charge in [0.15, 0.2) is 0 Å². The maximum absolute atomic E-state index is 13.0. The summed E-state index contributed by atoms with van der Waals surface area (Å²) in [7, 11) is 0. The van der Waals surface area contributed by atoms with Crippen LogP contribution >= 0.6 is 0 Å². The molecule has 0 spiro atoms. The summed E-state index contributed by atoms with van der Waals surface area (Å²) in [6, 6.07) is 11.3. The van der Waals surface area contributed by atoms with Gasteiger partial charge in [0.05, 0.1) is 30.8 Å². The van der Waals surface area contributed by atoms with Crippen LogP contribution in [0.5, 0.6) is 0 Å². The van der Waals surface area contributed by atoms with Crippen molar-refractivity contribution < 1.29 is 24.2 Å². The molecule has 1 aliphatic carbocycles. The summed E-state index contributed by atoms with van der Waals surface area (Å²) < 4.78 is 11.0. The highest BCUT2D eigenvalue weighted by Gasteiger charge is 2.26. The Morgan fingerprint density at radius 1 is 1.10 bits per heavy atom. The van der Waals surface area contributed by atoms with Crippen LogP contribution in [0.4, 0.5) is 16.2 Å². The summed E-state index contributed by atoms with van der Waals surface area (Å²) in [4.78, 5) is 29.4. The highest BCUT2D eigenvalue weighted by atomic mass is 16.6. The number of carboxylic acids is 1. The monoisotopic (exact) mass is 412 g/mol. The molecule has 7 heteroatoms. The van der Waals surface area contributed by atoms with Crippen LogP contribution in [0.15, 0.2) is 48.8 Å². The molecule has 0 radical (unpaired) electrons. The topological polar surface area (TPSA) is 89.0 Å². The number of nitrogens with zero attached hydrogens (tertiary/aromatic N) is 2. The van der Waals surface area contributed by atoms with Gasteiger partial charge in [-0.3, -0.25) is 4.98 Å². The Morgan fingerprint density at radius 3 is 2.53 bits per heavy atom. The molecule has 30 heavy (non-hydrogen) atoms. The van der Waals surface area contributed by atoms with Crippen LogP contribution in [-0.4, -0.2) is 42.0 Å². The number of rotatable bonds is 8. The van der Waals surface area contributed by atoms with Gasteiger partial charge in [-0.15, -0.1) is 0 Å². The smallest absolute Gasteiger partial charge is 0.419 e. The molecule has 1 aromatic carbocycles. The summed E-state index contributed by atoms with van der Waals surface area (Å²) in [6.07, 6.45) is 6.84. The Hall–Kier alpha value is -2.93. The van der Waals surface area contributed by atoms with Crippen LogP contribution in [0.2, 0.25) is 0 Å². The summed E-state index contributed by atoms with van der Waals surface area (Å²) in [5.74, 6) is -0.412. The van der Waals surface area contributed by atoms with Gasteiger partial charge in [-0.25, -0.2) is 14.5 Å². The highest BCUT2D eigenvalue weighted by molar-refractivity contribution is 5.95. The molecular weight excluding hydrogens is 384 g/mol. The van der Waals surface area contributed by atoms with E-state index in [2.05, 4.69) is 4.98 Å². The number of hydrogen-bond acceptors (Lipinski definition) is 5. The lowest BCUT2D eigenvalue weighted by Crippen LogP contribution is -2.30. The van der Waals surface area contributed by atoms with E-state index in [1.807, 2.05) is 43.3 Å². The highest BCUT2D eigenvalue weighted by Crippen LogP contribution is 2.31. The number of anilines is 2. The lowest BCUT2D eigenvalue weighted by molar-refractivity contribution is -0.142. The Morgan fingerprint density at radius 2 is 1.83 bits per heavy atom. The van der Waals surface area contributed by atoms with Crippen molar-refractivity contribution in [3.05, 3.63) is 54.4 Å². The first-order chi connectivity index (χ1) is 14.5. The number of hydrogen-bond donors (Lipinski definition) is 1. The minimum atomic E-state index is -0.956. The molecule has 0 bridgehead atoms. The number of aliphatic carboxylic acids is 1. The quantitative estimate of drug-likeness (QED) is 0.683. The van der Waals surface area contributed by atoms with Gasteiger partial charge < -0.3 is 14.6 Å². The third-order valence-corrected chi connectivity index (χ3v) is 5.23. The van der Waals surface area contributed by atoms with Crippen LogP contribution in [0.1, 0.15) is 31.2 Å². The molecule has 1 amide bonds. The third kappa shape index (κ3) is 6.29. The van der Waals surface area contributed by atoms with E-state index in [0.29, 0.717) is 24.8 Å². The first kappa shape index (κ1) is 21.8. The van der Waals surface area contributed by atoms with Crippen LogP contribution in [0.25, 0.3) is 0 Å². The fraction of sp³-hybridized carbons (Fsp3) is 0.435. The van der Waals surface area contributed by atoms with Gasteiger partial charge in [0.25, 0.3) is 0 Å². The lowest BCUT2D eigenvalue weighted by Gasteiger charge is -2.29. The fourth-order valence-corrected chi connectivity index (χ4v) is 3.87. The molecule has 1 aromatic heterocycles. The fourth-order valence-electron chi connectivity index (χ4n) is 3.87. The first-order valence-electron chi connectivity index (χ1n) is 10.3. The first-order valence-corrected chi connectivity index (χ1v) is 10.3. The molecule has 1 N–H and O–H groups in total. The minimum Gasteiger partial charge on any atom is -0.480 e. The number of carbonyl (C=O) groups is 2. The number of carboxylic acid groups (broad SMARTS) is 1. The molecule has 2 aromatic rings. The number of pyridine rings is 1. The second-order valence-electron chi connectivity index (χ2n) is 7.78. The molecule has 1 aliphatic rings. The van der Waals surface area contributed by atoms with E-state index in [9.17, 15) is 9.59 Å². The molecule has 2 unspecified atom stereocenters. The Labute approximate surface area is 176 Å². The standard InChI is InChI=1S/C23H28N2O5/c1-17-10-21(13-24-12-17)25(20-8-3-2-4-9-20)23(28)30-15-19-7-5-6-18(11-19)14-29-16-22(26)27/h2-4,8-10,12-13,18-19H,5-7,11,14-16H2,1H3,(H,26,27). The van der Waals surface area contributed by atoms with E-state index in [0.717, 1.165) is 36.9 Å². The maximum atomic E-state index is 13.0. The van der Waals surface area contributed by atoms with E-state index in [4.69, 9.17) is 14.6 Å². The average molecular weight is 412 g/mol. The zero-order valence-electron chi connectivity index (χ0n) is 17.2. The zero-order valence-corrected chi connectivity index (χ0v) is 17.2. The van der Waals surface area contributed by atoms with Gasteiger partial charge in [-0.2, -0.15) is 0 Å². The second-order valence-corrected chi connectivity index (χ2v) is 7.78. The molecule has 0 saturated heterocycles. The molecule has 1 fully saturated rings. The van der Waals surface area contributed by atoms with E-state index in [-0.39, 0.29) is 12.5 Å². The Kier molecular flexibility index (Phi) is 7.79. The van der Waals surface area contributed by atoms with Crippen LogP contribution in [0.3, 0.4) is 0 Å².